The Morgan fingerprint density at radius 1 is 1.04 bits per heavy atom. The lowest BCUT2D eigenvalue weighted by Gasteiger charge is -2.36. The van der Waals surface area contributed by atoms with Crippen molar-refractivity contribution in [2.45, 2.75) is 11.8 Å². The highest BCUT2D eigenvalue weighted by Crippen LogP contribution is 2.29. The smallest absolute Gasteiger partial charge is 0.243 e. The van der Waals surface area contributed by atoms with Crippen LogP contribution in [0.15, 0.2) is 59.8 Å². The largest absolute Gasteiger partial charge is 0.369 e. The van der Waals surface area contributed by atoms with Gasteiger partial charge in [-0.3, -0.25) is 4.98 Å². The first kappa shape index (κ1) is 18.2. The molecule has 140 valence electrons. The quantitative estimate of drug-likeness (QED) is 0.671. The van der Waals surface area contributed by atoms with Crippen molar-refractivity contribution in [3.05, 3.63) is 65.4 Å². The number of pyridine rings is 1. The molecule has 0 aliphatic carbocycles. The van der Waals surface area contributed by atoms with Crippen LogP contribution in [0.3, 0.4) is 0 Å². The second kappa shape index (κ2) is 7.11. The van der Waals surface area contributed by atoms with E-state index in [-0.39, 0.29) is 0 Å². The molecular formula is C20H20ClN3O2S. The van der Waals surface area contributed by atoms with Crippen LogP contribution < -0.4 is 4.90 Å². The third-order valence-corrected chi connectivity index (χ3v) is 7.20. The fourth-order valence-electron chi connectivity index (χ4n) is 3.55. The molecule has 3 aromatic rings. The van der Waals surface area contributed by atoms with Gasteiger partial charge < -0.3 is 4.90 Å². The predicted octanol–water partition coefficient (Wildman–Crippen LogP) is 3.71. The molecule has 1 saturated heterocycles. The molecule has 0 atom stereocenters. The Kier molecular flexibility index (Phi) is 4.80. The van der Waals surface area contributed by atoms with Crippen LogP contribution in [-0.2, 0) is 10.0 Å². The molecule has 4 rings (SSSR count). The molecule has 0 spiro atoms. The molecule has 5 nitrogen and oxygen atoms in total. The summed E-state index contributed by atoms with van der Waals surface area (Å²) in [5.41, 5.74) is 2.20. The Balaban J connectivity index is 1.59. The molecule has 0 unspecified atom stereocenters. The van der Waals surface area contributed by atoms with Gasteiger partial charge in [0.2, 0.25) is 10.0 Å². The van der Waals surface area contributed by atoms with Crippen molar-refractivity contribution in [3.63, 3.8) is 0 Å². The number of sulfonamides is 1. The molecule has 1 aliphatic rings. The van der Waals surface area contributed by atoms with Crippen molar-refractivity contribution in [1.29, 1.82) is 0 Å². The van der Waals surface area contributed by atoms with Crippen molar-refractivity contribution >= 4 is 38.1 Å². The van der Waals surface area contributed by atoms with Gasteiger partial charge in [-0.2, -0.15) is 4.31 Å². The van der Waals surface area contributed by atoms with Gasteiger partial charge in [-0.05, 0) is 36.8 Å². The van der Waals surface area contributed by atoms with Crippen molar-refractivity contribution < 1.29 is 8.42 Å². The maximum Gasteiger partial charge on any atom is 0.243 e. The van der Waals surface area contributed by atoms with Gasteiger partial charge in [0, 0.05) is 60.1 Å². The lowest BCUT2D eigenvalue weighted by Crippen LogP contribution is -2.48. The fourth-order valence-corrected chi connectivity index (χ4v) is 5.35. The van der Waals surface area contributed by atoms with Crippen molar-refractivity contribution in [3.8, 4) is 0 Å². The van der Waals surface area contributed by atoms with Crippen LogP contribution in [0, 0.1) is 6.92 Å². The van der Waals surface area contributed by atoms with Gasteiger partial charge in [0.25, 0.3) is 0 Å². The van der Waals surface area contributed by atoms with E-state index in [1.54, 1.807) is 34.9 Å². The molecule has 0 radical (unpaired) electrons. The molecule has 2 aromatic carbocycles. The summed E-state index contributed by atoms with van der Waals surface area (Å²) in [6, 6.07) is 12.9. The maximum atomic E-state index is 13.2. The number of aromatic nitrogens is 1. The Hall–Kier alpha value is -2.15. The third-order valence-electron chi connectivity index (χ3n) is 5.01. The standard InChI is InChI=1S/C20H20ClN3O2S/c1-15-5-6-17(21)13-19(15)23-9-11-24(12-10-23)27(25,26)20-4-2-3-16-14-22-8-7-18(16)20/h2-8,13-14H,9-12H2,1H3. The van der Waals surface area contributed by atoms with Gasteiger partial charge in [0.1, 0.15) is 0 Å². The third kappa shape index (κ3) is 3.40. The van der Waals surface area contributed by atoms with Gasteiger partial charge in [0.05, 0.1) is 4.90 Å². The van der Waals surface area contributed by atoms with E-state index in [1.165, 1.54) is 0 Å². The van der Waals surface area contributed by atoms with E-state index in [1.807, 2.05) is 31.2 Å². The van der Waals surface area contributed by atoms with E-state index < -0.39 is 10.0 Å². The fraction of sp³-hybridized carbons (Fsp3) is 0.250. The molecule has 1 aliphatic heterocycles. The zero-order chi connectivity index (χ0) is 19.0. The van der Waals surface area contributed by atoms with Crippen LogP contribution >= 0.6 is 11.6 Å². The minimum absolute atomic E-state index is 0.342. The summed E-state index contributed by atoms with van der Waals surface area (Å²) in [6.07, 6.45) is 3.31. The summed E-state index contributed by atoms with van der Waals surface area (Å²) in [5, 5.41) is 2.22. The Labute approximate surface area is 164 Å². The first-order valence-corrected chi connectivity index (χ1v) is 10.6. The van der Waals surface area contributed by atoms with E-state index in [9.17, 15) is 8.42 Å². The lowest BCUT2D eigenvalue weighted by molar-refractivity contribution is 0.385. The number of benzene rings is 2. The summed E-state index contributed by atoms with van der Waals surface area (Å²) in [5.74, 6) is 0. The molecule has 2 heterocycles. The van der Waals surface area contributed by atoms with E-state index in [2.05, 4.69) is 9.88 Å². The highest BCUT2D eigenvalue weighted by atomic mass is 35.5. The first-order valence-electron chi connectivity index (χ1n) is 8.81. The highest BCUT2D eigenvalue weighted by Gasteiger charge is 2.30. The van der Waals surface area contributed by atoms with Gasteiger partial charge in [-0.1, -0.05) is 29.8 Å². The lowest BCUT2D eigenvalue weighted by atomic mass is 10.1. The number of halogens is 1. The predicted molar refractivity (Wildman–Crippen MR) is 109 cm³/mol. The normalized spacial score (nSPS) is 16.0. The van der Waals surface area contributed by atoms with Crippen LogP contribution in [0.2, 0.25) is 5.02 Å². The summed E-state index contributed by atoms with van der Waals surface area (Å²) in [6.45, 7) is 4.18. The zero-order valence-electron chi connectivity index (χ0n) is 15.0. The topological polar surface area (TPSA) is 53.5 Å². The number of anilines is 1. The van der Waals surface area contributed by atoms with Crippen molar-refractivity contribution in [1.82, 2.24) is 9.29 Å². The monoisotopic (exact) mass is 401 g/mol. The van der Waals surface area contributed by atoms with E-state index in [0.717, 1.165) is 16.6 Å². The maximum absolute atomic E-state index is 13.2. The molecule has 27 heavy (non-hydrogen) atoms. The first-order chi connectivity index (χ1) is 13.0. The molecule has 0 amide bonds. The van der Waals surface area contributed by atoms with Gasteiger partial charge >= 0.3 is 0 Å². The Morgan fingerprint density at radius 3 is 2.59 bits per heavy atom. The zero-order valence-corrected chi connectivity index (χ0v) is 16.5. The van der Waals surface area contributed by atoms with E-state index in [4.69, 9.17) is 11.6 Å². The van der Waals surface area contributed by atoms with Crippen molar-refractivity contribution in [2.24, 2.45) is 0 Å². The second-order valence-corrected chi connectivity index (χ2v) is 9.02. The Bertz CT molecular complexity index is 1090. The van der Waals surface area contributed by atoms with Crippen LogP contribution in [0.1, 0.15) is 5.56 Å². The number of hydrogen-bond acceptors (Lipinski definition) is 4. The number of hydrogen-bond donors (Lipinski definition) is 0. The number of fused-ring (bicyclic) bond motifs is 1. The minimum Gasteiger partial charge on any atom is -0.369 e. The van der Waals surface area contributed by atoms with Crippen molar-refractivity contribution in [2.75, 3.05) is 31.1 Å². The van der Waals surface area contributed by atoms with E-state index >= 15 is 0 Å². The molecular weight excluding hydrogens is 382 g/mol. The number of rotatable bonds is 3. The second-order valence-electron chi connectivity index (χ2n) is 6.67. The van der Waals surface area contributed by atoms with Crippen LogP contribution in [-0.4, -0.2) is 43.9 Å². The van der Waals surface area contributed by atoms with Crippen LogP contribution in [0.25, 0.3) is 10.8 Å². The number of nitrogens with zero attached hydrogens (tertiary/aromatic N) is 3. The van der Waals surface area contributed by atoms with Gasteiger partial charge in [0.15, 0.2) is 0 Å². The summed E-state index contributed by atoms with van der Waals surface area (Å²) in [7, 11) is -3.56. The SMILES string of the molecule is Cc1ccc(Cl)cc1N1CCN(S(=O)(=O)c2cccc3cnccc23)CC1. The van der Waals surface area contributed by atoms with Gasteiger partial charge in [-0.15, -0.1) is 0 Å². The molecule has 0 bridgehead atoms. The average Bonchev–Trinajstić information content (AvgIpc) is 2.69. The molecule has 1 fully saturated rings. The Morgan fingerprint density at radius 2 is 1.81 bits per heavy atom. The van der Waals surface area contributed by atoms with Crippen LogP contribution in [0.4, 0.5) is 5.69 Å². The summed E-state index contributed by atoms with van der Waals surface area (Å²) >= 11 is 6.13. The molecule has 0 saturated carbocycles. The molecule has 1 aromatic heterocycles. The summed E-state index contributed by atoms with van der Waals surface area (Å²) < 4.78 is 28.0. The van der Waals surface area contributed by atoms with Crippen LogP contribution in [0.5, 0.6) is 0 Å². The average molecular weight is 402 g/mol. The van der Waals surface area contributed by atoms with Gasteiger partial charge in [-0.25, -0.2) is 8.42 Å². The number of aryl methyl sites for hydroxylation is 1. The minimum atomic E-state index is -3.56. The summed E-state index contributed by atoms with van der Waals surface area (Å²) in [4.78, 5) is 6.62. The molecule has 7 heteroatoms. The highest BCUT2D eigenvalue weighted by molar-refractivity contribution is 7.89. The molecule has 0 N–H and O–H groups in total. The van der Waals surface area contributed by atoms with E-state index in [0.29, 0.717) is 41.5 Å². The number of piperazine rings is 1.